The summed E-state index contributed by atoms with van der Waals surface area (Å²) >= 11 is 11.9. The number of rotatable bonds is 5. The summed E-state index contributed by atoms with van der Waals surface area (Å²) in [6, 6.07) is 2.11. The molecule has 0 bridgehead atoms. The molecule has 0 saturated carbocycles. The fourth-order valence-corrected chi connectivity index (χ4v) is 3.84. The number of ether oxygens (including phenoxy) is 1. The number of likely N-dealkylation sites (tertiary alicyclic amines) is 1. The Balaban J connectivity index is 0.000000856. The number of alkyl halides is 6. The van der Waals surface area contributed by atoms with E-state index in [-0.39, 0.29) is 40.7 Å². The third kappa shape index (κ3) is 9.09. The van der Waals surface area contributed by atoms with Crippen LogP contribution in [0.3, 0.4) is 0 Å². The zero-order valence-electron chi connectivity index (χ0n) is 18.8. The Labute approximate surface area is 215 Å². The normalized spacial score (nSPS) is 19.8. The Bertz CT molecular complexity index is 993. The molecule has 1 aliphatic heterocycles. The molecule has 4 atom stereocenters. The van der Waals surface area contributed by atoms with Crippen LogP contribution >= 0.6 is 23.2 Å². The number of carboxylic acid groups (broad SMARTS) is 1. The quantitative estimate of drug-likeness (QED) is 0.303. The average Bonchev–Trinajstić information content (AvgIpc) is 2.77. The van der Waals surface area contributed by atoms with Gasteiger partial charge in [0.2, 0.25) is 6.10 Å². The van der Waals surface area contributed by atoms with Gasteiger partial charge in [-0.05, 0) is 24.3 Å². The summed E-state index contributed by atoms with van der Waals surface area (Å²) in [4.78, 5) is 33.5. The number of aliphatic hydroxyl groups is 1. The zero-order chi connectivity index (χ0) is 28.9. The number of carboxylic acids is 1. The van der Waals surface area contributed by atoms with Crippen molar-refractivity contribution in [1.82, 2.24) is 4.90 Å². The second-order valence-corrected chi connectivity index (χ2v) is 8.76. The summed E-state index contributed by atoms with van der Waals surface area (Å²) in [7, 11) is 0. The summed E-state index contributed by atoms with van der Waals surface area (Å²) < 4.78 is 72.9. The minimum absolute atomic E-state index is 0.110. The highest BCUT2D eigenvalue weighted by molar-refractivity contribution is 6.42. The van der Waals surface area contributed by atoms with Crippen LogP contribution in [0.4, 0.5) is 26.3 Å². The summed E-state index contributed by atoms with van der Waals surface area (Å²) in [5.41, 5.74) is 6.68. The number of halogens is 8. The molecular weight excluding hydrogens is 565 g/mol. The lowest BCUT2D eigenvalue weighted by Crippen LogP contribution is -2.51. The van der Waals surface area contributed by atoms with E-state index in [1.54, 1.807) is 6.92 Å². The lowest BCUT2D eigenvalue weighted by Gasteiger charge is -2.40. The van der Waals surface area contributed by atoms with Gasteiger partial charge in [-0.25, -0.2) is 9.59 Å². The summed E-state index contributed by atoms with van der Waals surface area (Å²) in [6.07, 6.45) is -11.9. The molecule has 1 aromatic rings. The number of aromatic hydroxyl groups is 1. The molecule has 210 valence electrons. The van der Waals surface area contributed by atoms with Crippen molar-refractivity contribution in [2.75, 3.05) is 19.7 Å². The monoisotopic (exact) mass is 586 g/mol. The van der Waals surface area contributed by atoms with Crippen molar-refractivity contribution in [3.63, 3.8) is 0 Å². The maximum Gasteiger partial charge on any atom is 0.490 e. The number of hydrogen-bond donors (Lipinski definition) is 4. The molecule has 37 heavy (non-hydrogen) atoms. The van der Waals surface area contributed by atoms with E-state index < -0.39 is 49.0 Å². The third-order valence-corrected chi connectivity index (χ3v) is 6.06. The molecule has 5 N–H and O–H groups in total. The molecule has 1 amide bonds. The van der Waals surface area contributed by atoms with Gasteiger partial charge in [0.25, 0.3) is 5.91 Å². The van der Waals surface area contributed by atoms with E-state index in [9.17, 15) is 46.1 Å². The van der Waals surface area contributed by atoms with Crippen molar-refractivity contribution in [2.24, 2.45) is 17.6 Å². The van der Waals surface area contributed by atoms with Gasteiger partial charge in [-0.15, -0.1) is 0 Å². The number of nitrogens with two attached hydrogens (primary N) is 1. The van der Waals surface area contributed by atoms with E-state index in [4.69, 9.17) is 38.8 Å². The number of carbonyl (C=O) groups excluding carboxylic acids is 2. The van der Waals surface area contributed by atoms with Crippen molar-refractivity contribution in [1.29, 1.82) is 0 Å². The highest BCUT2D eigenvalue weighted by Gasteiger charge is 2.44. The van der Waals surface area contributed by atoms with E-state index in [0.29, 0.717) is 12.0 Å². The van der Waals surface area contributed by atoms with E-state index in [1.165, 1.54) is 17.0 Å². The number of phenols is 1. The highest BCUT2D eigenvalue weighted by atomic mass is 35.5. The Morgan fingerprint density at radius 3 is 2.08 bits per heavy atom. The van der Waals surface area contributed by atoms with Gasteiger partial charge in [-0.2, -0.15) is 26.3 Å². The molecule has 0 aromatic heterocycles. The van der Waals surface area contributed by atoms with Crippen molar-refractivity contribution < 1.29 is 60.8 Å². The summed E-state index contributed by atoms with van der Waals surface area (Å²) in [5, 5.41) is 26.9. The number of carbonyl (C=O) groups is 3. The Hall–Kier alpha value is -2.49. The van der Waals surface area contributed by atoms with Crippen molar-refractivity contribution in [3.8, 4) is 5.75 Å². The molecule has 17 heteroatoms. The molecule has 0 radical (unpaired) electrons. The number of benzene rings is 1. The van der Waals surface area contributed by atoms with Crippen molar-refractivity contribution in [2.45, 2.75) is 37.8 Å². The molecule has 0 unspecified atom stereocenters. The Morgan fingerprint density at radius 1 is 1.14 bits per heavy atom. The number of phenolic OH excluding ortho intramolecular Hbond substituents is 1. The molecular formula is C20H22Cl2F6N2O7. The predicted octanol–water partition coefficient (Wildman–Crippen LogP) is 3.28. The second kappa shape index (κ2) is 12.8. The van der Waals surface area contributed by atoms with Crippen LogP contribution in [0.15, 0.2) is 12.1 Å². The van der Waals surface area contributed by atoms with Crippen molar-refractivity contribution >= 4 is 41.0 Å². The number of hydrogen-bond acceptors (Lipinski definition) is 7. The third-order valence-electron chi connectivity index (χ3n) is 5.34. The van der Waals surface area contributed by atoms with Gasteiger partial charge in [0.1, 0.15) is 5.75 Å². The number of aliphatic carboxylic acids is 1. The van der Waals surface area contributed by atoms with Gasteiger partial charge >= 0.3 is 24.3 Å². The van der Waals surface area contributed by atoms with Gasteiger partial charge in [0.05, 0.1) is 16.7 Å². The van der Waals surface area contributed by atoms with Crippen LogP contribution in [0, 0.1) is 11.8 Å². The second-order valence-electron chi connectivity index (χ2n) is 7.94. The van der Waals surface area contributed by atoms with Crippen LogP contribution in [0.5, 0.6) is 5.75 Å². The van der Waals surface area contributed by atoms with Crippen molar-refractivity contribution in [3.05, 3.63) is 27.7 Å². The Morgan fingerprint density at radius 2 is 1.65 bits per heavy atom. The minimum Gasteiger partial charge on any atom is -0.508 e. The van der Waals surface area contributed by atoms with E-state index in [2.05, 4.69) is 4.74 Å². The summed E-state index contributed by atoms with van der Waals surface area (Å²) in [6.45, 7) is 0.933. The van der Waals surface area contributed by atoms with Gasteiger partial charge in [-0.3, -0.25) is 4.79 Å². The van der Waals surface area contributed by atoms with Gasteiger partial charge < -0.3 is 30.7 Å². The SMILES string of the molecule is C[C@@H]1CN(C(=O)[C@@H](CO)OC(=O)C(F)(F)F)CC[C@@H]1[C@@H](N)c1cc(Cl)c(Cl)cc1O.O=C(O)C(F)(F)F. The average molecular weight is 587 g/mol. The first-order chi connectivity index (χ1) is 16.8. The maximum atomic E-state index is 12.4. The van der Waals surface area contributed by atoms with Gasteiger partial charge in [0, 0.05) is 30.8 Å². The topological polar surface area (TPSA) is 150 Å². The van der Waals surface area contributed by atoms with E-state index in [1.807, 2.05) is 0 Å². The number of piperidine rings is 1. The standard InChI is InChI=1S/C18H21Cl2F3N2O5.C2HF3O2/c1-8-6-25(16(28)14(7-26)30-17(29)18(21,22)23)3-2-9(8)15(24)10-4-11(19)12(20)5-13(10)27;3-2(4,5)1(6)7/h4-5,8-9,14-15,26-27H,2-3,6-7,24H2,1H3;(H,6,7)/t8-,9+,14-,15-;/m1./s1. The molecule has 1 aliphatic rings. The van der Waals surface area contributed by atoms with E-state index in [0.717, 1.165) is 0 Å². The fourth-order valence-electron chi connectivity index (χ4n) is 3.51. The number of esters is 1. The van der Waals surface area contributed by atoms with Crippen LogP contribution in [-0.4, -0.2) is 76.2 Å². The molecule has 2 rings (SSSR count). The largest absolute Gasteiger partial charge is 0.508 e. The molecule has 1 aromatic carbocycles. The number of nitrogens with zero attached hydrogens (tertiary/aromatic N) is 1. The molecule has 1 heterocycles. The van der Waals surface area contributed by atoms with Crippen LogP contribution in [-0.2, 0) is 19.1 Å². The number of aliphatic hydroxyl groups excluding tert-OH is 1. The van der Waals surface area contributed by atoms with Crippen LogP contribution in [0.25, 0.3) is 0 Å². The molecule has 0 aliphatic carbocycles. The minimum atomic E-state index is -5.28. The van der Waals surface area contributed by atoms with Crippen LogP contribution in [0.1, 0.15) is 24.9 Å². The van der Waals surface area contributed by atoms with E-state index >= 15 is 0 Å². The van der Waals surface area contributed by atoms with Gasteiger partial charge in [-0.1, -0.05) is 30.1 Å². The first kappa shape index (κ1) is 32.5. The predicted molar refractivity (Wildman–Crippen MR) is 116 cm³/mol. The summed E-state index contributed by atoms with van der Waals surface area (Å²) in [5.74, 6) is -6.76. The highest BCUT2D eigenvalue weighted by Crippen LogP contribution is 2.39. The lowest BCUT2D eigenvalue weighted by molar-refractivity contribution is -0.208. The smallest absolute Gasteiger partial charge is 0.490 e. The first-order valence-electron chi connectivity index (χ1n) is 10.2. The maximum absolute atomic E-state index is 12.4. The zero-order valence-corrected chi connectivity index (χ0v) is 20.3. The first-order valence-corrected chi connectivity index (χ1v) is 11.0. The molecule has 1 fully saturated rings. The molecule has 0 spiro atoms. The van der Waals surface area contributed by atoms with Gasteiger partial charge in [0.15, 0.2) is 0 Å². The fraction of sp³-hybridized carbons (Fsp3) is 0.550. The number of amides is 1. The molecule has 9 nitrogen and oxygen atoms in total. The lowest BCUT2D eigenvalue weighted by atomic mass is 9.79. The Kier molecular flexibility index (Phi) is 11.3. The molecule has 1 saturated heterocycles. The van der Waals surface area contributed by atoms with Crippen LogP contribution in [0.2, 0.25) is 10.0 Å². The van der Waals surface area contributed by atoms with Crippen LogP contribution < -0.4 is 5.73 Å².